The van der Waals surface area contributed by atoms with E-state index in [0.29, 0.717) is 12.1 Å². The number of carbonyl (C=O) groups is 1. The Kier molecular flexibility index (Phi) is 5.07. The minimum atomic E-state index is -4.98. The fourth-order valence-electron chi connectivity index (χ4n) is 2.45. The quantitative estimate of drug-likeness (QED) is 0.573. The molecule has 1 aromatic heterocycles. The van der Waals surface area contributed by atoms with E-state index in [2.05, 4.69) is 5.10 Å². The van der Waals surface area contributed by atoms with Crippen molar-refractivity contribution in [2.45, 2.75) is 33.1 Å². The molecule has 0 unspecified atom stereocenters. The zero-order chi connectivity index (χ0) is 19.9. The third-order valence-electron chi connectivity index (χ3n) is 3.59. The molecule has 0 aliphatic heterocycles. The van der Waals surface area contributed by atoms with Gasteiger partial charge in [0.05, 0.1) is 34.8 Å². The number of alkyl halides is 6. The molecule has 0 amide bonds. The highest BCUT2D eigenvalue weighted by molar-refractivity contribution is 5.92. The Balaban J connectivity index is 2.69. The number of aryl methyl sites for hydroxylation is 1. The number of nitrogens with zero attached hydrogens (tertiary/aromatic N) is 2. The third kappa shape index (κ3) is 3.83. The number of ether oxygens (including phenoxy) is 1. The first-order valence-electron chi connectivity index (χ1n) is 7.39. The summed E-state index contributed by atoms with van der Waals surface area (Å²) in [6.45, 7) is 4.40. The Hall–Kier alpha value is -2.52. The summed E-state index contributed by atoms with van der Waals surface area (Å²) in [7, 11) is 0. The second-order valence-corrected chi connectivity index (χ2v) is 5.44. The molecule has 26 heavy (non-hydrogen) atoms. The van der Waals surface area contributed by atoms with E-state index >= 15 is 0 Å². The second-order valence-electron chi connectivity index (χ2n) is 5.44. The summed E-state index contributed by atoms with van der Waals surface area (Å²) in [5.74, 6) is -0.753. The van der Waals surface area contributed by atoms with Gasteiger partial charge in [0.2, 0.25) is 0 Å². The highest BCUT2D eigenvalue weighted by Crippen LogP contribution is 2.37. The number of hydrogen-bond acceptors (Lipinski definition) is 3. The largest absolute Gasteiger partial charge is 0.462 e. The van der Waals surface area contributed by atoms with Gasteiger partial charge in [-0.1, -0.05) is 0 Å². The van der Waals surface area contributed by atoms with E-state index in [4.69, 9.17) is 4.74 Å². The van der Waals surface area contributed by atoms with Crippen LogP contribution >= 0.6 is 0 Å². The summed E-state index contributed by atoms with van der Waals surface area (Å²) in [4.78, 5) is 11.9. The number of benzene rings is 1. The number of esters is 1. The zero-order valence-corrected chi connectivity index (χ0v) is 13.9. The lowest BCUT2D eigenvalue weighted by atomic mass is 10.1. The predicted molar refractivity (Wildman–Crippen MR) is 79.0 cm³/mol. The summed E-state index contributed by atoms with van der Waals surface area (Å²) in [6.07, 6.45) is -9.95. The van der Waals surface area contributed by atoms with Gasteiger partial charge in [-0.2, -0.15) is 31.4 Å². The average Bonchev–Trinajstić information content (AvgIpc) is 2.80. The van der Waals surface area contributed by atoms with E-state index in [1.807, 2.05) is 0 Å². The van der Waals surface area contributed by atoms with Crippen LogP contribution in [0.3, 0.4) is 0 Å². The minimum absolute atomic E-state index is 0.00202. The molecule has 0 atom stereocenters. The van der Waals surface area contributed by atoms with Crippen molar-refractivity contribution in [3.63, 3.8) is 0 Å². The van der Waals surface area contributed by atoms with Gasteiger partial charge in [-0.05, 0) is 39.0 Å². The molecule has 0 aliphatic carbocycles. The van der Waals surface area contributed by atoms with Crippen LogP contribution in [0.4, 0.5) is 26.3 Å². The molecule has 4 nitrogen and oxygen atoms in total. The first kappa shape index (κ1) is 19.8. The summed E-state index contributed by atoms with van der Waals surface area (Å²) in [6, 6.07) is 1.12. The van der Waals surface area contributed by atoms with Gasteiger partial charge in [-0.15, -0.1) is 0 Å². The summed E-state index contributed by atoms with van der Waals surface area (Å²) in [5, 5.41) is 3.91. The van der Waals surface area contributed by atoms with Gasteiger partial charge in [0.15, 0.2) is 0 Å². The summed E-state index contributed by atoms with van der Waals surface area (Å²) in [5.41, 5.74) is -3.18. The normalized spacial score (nSPS) is 12.3. The number of carbonyl (C=O) groups excluding carboxylic acids is 1. The SMILES string of the molecule is CCOC(=O)c1c(C)nn(-c2cc(C(F)(F)F)cc(C(F)(F)F)c2)c1C. The van der Waals surface area contributed by atoms with Gasteiger partial charge < -0.3 is 4.74 Å². The molecule has 0 fully saturated rings. The topological polar surface area (TPSA) is 44.1 Å². The van der Waals surface area contributed by atoms with Crippen molar-refractivity contribution < 1.29 is 35.9 Å². The van der Waals surface area contributed by atoms with Crippen molar-refractivity contribution in [1.29, 1.82) is 0 Å². The average molecular weight is 380 g/mol. The molecular weight excluding hydrogens is 366 g/mol. The molecule has 0 saturated heterocycles. The van der Waals surface area contributed by atoms with Crippen molar-refractivity contribution in [2.24, 2.45) is 0 Å². The molecule has 142 valence electrons. The van der Waals surface area contributed by atoms with E-state index in [1.54, 1.807) is 6.92 Å². The lowest BCUT2D eigenvalue weighted by molar-refractivity contribution is -0.143. The molecule has 0 radical (unpaired) electrons. The van der Waals surface area contributed by atoms with Crippen LogP contribution in [0.2, 0.25) is 0 Å². The number of hydrogen-bond donors (Lipinski definition) is 0. The molecule has 0 aliphatic rings. The van der Waals surface area contributed by atoms with Crippen molar-refractivity contribution >= 4 is 5.97 Å². The minimum Gasteiger partial charge on any atom is -0.462 e. The first-order chi connectivity index (χ1) is 11.9. The Morgan fingerprint density at radius 3 is 1.96 bits per heavy atom. The van der Waals surface area contributed by atoms with E-state index in [0.717, 1.165) is 4.68 Å². The van der Waals surface area contributed by atoms with Crippen molar-refractivity contribution in [1.82, 2.24) is 9.78 Å². The molecule has 0 saturated carbocycles. The van der Waals surface area contributed by atoms with E-state index in [1.165, 1.54) is 13.8 Å². The molecular formula is C16H14F6N2O2. The lowest BCUT2D eigenvalue weighted by Crippen LogP contribution is -2.13. The van der Waals surface area contributed by atoms with Gasteiger partial charge in [0, 0.05) is 0 Å². The monoisotopic (exact) mass is 380 g/mol. The van der Waals surface area contributed by atoms with Crippen molar-refractivity contribution in [3.05, 3.63) is 46.3 Å². The highest BCUT2D eigenvalue weighted by atomic mass is 19.4. The third-order valence-corrected chi connectivity index (χ3v) is 3.59. The first-order valence-corrected chi connectivity index (χ1v) is 7.39. The lowest BCUT2D eigenvalue weighted by Gasteiger charge is -2.15. The molecule has 0 bridgehead atoms. The molecule has 0 spiro atoms. The van der Waals surface area contributed by atoms with Gasteiger partial charge in [0.1, 0.15) is 5.56 Å². The Morgan fingerprint density at radius 2 is 1.54 bits per heavy atom. The fraction of sp³-hybridized carbons (Fsp3) is 0.375. The zero-order valence-electron chi connectivity index (χ0n) is 13.9. The summed E-state index contributed by atoms with van der Waals surface area (Å²) < 4.78 is 83.7. The Labute approximate surface area is 144 Å². The standard InChI is InChI=1S/C16H14F6N2O2/c1-4-26-14(25)13-8(2)23-24(9(13)3)12-6-10(15(17,18)19)5-11(7-12)16(20,21)22/h5-7H,4H2,1-3H3. The molecule has 1 heterocycles. The van der Waals surface area contributed by atoms with Crippen LogP contribution < -0.4 is 0 Å². The van der Waals surface area contributed by atoms with Crippen molar-refractivity contribution in [2.75, 3.05) is 6.61 Å². The number of halogens is 6. The van der Waals surface area contributed by atoms with Crippen LogP contribution in [0.25, 0.3) is 5.69 Å². The maximum absolute atomic E-state index is 13.0. The van der Waals surface area contributed by atoms with Crippen LogP contribution in [0, 0.1) is 13.8 Å². The molecule has 1 aromatic carbocycles. The molecule has 0 N–H and O–H groups in total. The van der Waals surface area contributed by atoms with Crippen molar-refractivity contribution in [3.8, 4) is 5.69 Å². The maximum atomic E-state index is 13.0. The van der Waals surface area contributed by atoms with E-state index < -0.39 is 35.1 Å². The molecule has 10 heteroatoms. The maximum Gasteiger partial charge on any atom is 0.416 e. The molecule has 2 aromatic rings. The second kappa shape index (κ2) is 6.65. The van der Waals surface area contributed by atoms with E-state index in [-0.39, 0.29) is 29.6 Å². The fourth-order valence-corrected chi connectivity index (χ4v) is 2.45. The van der Waals surface area contributed by atoms with Gasteiger partial charge >= 0.3 is 18.3 Å². The predicted octanol–water partition coefficient (Wildman–Crippen LogP) is 4.70. The van der Waals surface area contributed by atoms with E-state index in [9.17, 15) is 31.1 Å². The smallest absolute Gasteiger partial charge is 0.416 e. The van der Waals surface area contributed by atoms with Crippen LogP contribution in [-0.4, -0.2) is 22.4 Å². The van der Waals surface area contributed by atoms with Gasteiger partial charge in [-0.3, -0.25) is 0 Å². The Morgan fingerprint density at radius 1 is 1.04 bits per heavy atom. The number of aromatic nitrogens is 2. The van der Waals surface area contributed by atoms with Gasteiger partial charge in [0.25, 0.3) is 0 Å². The van der Waals surface area contributed by atoms with Gasteiger partial charge in [-0.25, -0.2) is 9.48 Å². The highest BCUT2D eigenvalue weighted by Gasteiger charge is 2.37. The summed E-state index contributed by atoms with van der Waals surface area (Å²) >= 11 is 0. The van der Waals surface area contributed by atoms with Crippen LogP contribution in [0.15, 0.2) is 18.2 Å². The van der Waals surface area contributed by atoms with Crippen LogP contribution in [0.1, 0.15) is 39.8 Å². The molecule has 2 rings (SSSR count). The Bertz CT molecular complexity index is 804. The van der Waals surface area contributed by atoms with Crippen LogP contribution in [-0.2, 0) is 17.1 Å². The number of rotatable bonds is 3. The van der Waals surface area contributed by atoms with Crippen LogP contribution in [0.5, 0.6) is 0 Å².